The van der Waals surface area contributed by atoms with Gasteiger partial charge in [0.15, 0.2) is 0 Å². The molecule has 122 valence electrons. The standard InChI is InChI=1S/C17H19NO5/c1-10-13(16(19)20)15(12-7-5-4-6-8-12)14(17(21)22)11(2)18(10)9-23-3/h4-8,15H,9H2,1-3H3,(H,19,20)(H,21,22). The van der Waals surface area contributed by atoms with E-state index in [0.29, 0.717) is 17.0 Å². The van der Waals surface area contributed by atoms with Crippen molar-refractivity contribution in [2.75, 3.05) is 13.8 Å². The van der Waals surface area contributed by atoms with E-state index in [9.17, 15) is 19.8 Å². The molecule has 6 nitrogen and oxygen atoms in total. The highest BCUT2D eigenvalue weighted by molar-refractivity contribution is 5.98. The van der Waals surface area contributed by atoms with E-state index in [-0.39, 0.29) is 17.9 Å². The topological polar surface area (TPSA) is 87.1 Å². The number of hydrogen-bond donors (Lipinski definition) is 2. The number of methoxy groups -OCH3 is 1. The fraction of sp³-hybridized carbons (Fsp3) is 0.294. The minimum atomic E-state index is -1.14. The Hall–Kier alpha value is -2.60. The lowest BCUT2D eigenvalue weighted by molar-refractivity contribution is -0.133. The molecule has 0 fully saturated rings. The minimum absolute atomic E-state index is 0.0521. The summed E-state index contributed by atoms with van der Waals surface area (Å²) in [5.41, 5.74) is 1.71. The van der Waals surface area contributed by atoms with Crippen LogP contribution in [-0.4, -0.2) is 40.9 Å². The number of carboxylic acids is 2. The molecule has 0 unspecified atom stereocenters. The summed E-state index contributed by atoms with van der Waals surface area (Å²) in [6.07, 6.45) is 0. The molecule has 2 rings (SSSR count). The third-order valence-electron chi connectivity index (χ3n) is 4.02. The highest BCUT2D eigenvalue weighted by Gasteiger charge is 2.39. The molecule has 0 saturated carbocycles. The quantitative estimate of drug-likeness (QED) is 0.867. The van der Waals surface area contributed by atoms with Crippen molar-refractivity contribution in [3.8, 4) is 0 Å². The predicted octanol–water partition coefficient (Wildman–Crippen LogP) is 2.41. The number of allylic oxidation sites excluding steroid dienone is 2. The molecule has 1 aliphatic rings. The van der Waals surface area contributed by atoms with Gasteiger partial charge < -0.3 is 19.8 Å². The Morgan fingerprint density at radius 1 is 1.04 bits per heavy atom. The SMILES string of the molecule is COCN1C(C)=C(C(=O)O)C(c2ccccc2)C(C(=O)O)=C1C. The summed E-state index contributed by atoms with van der Waals surface area (Å²) in [6, 6.07) is 8.81. The average Bonchev–Trinajstić information content (AvgIpc) is 2.50. The van der Waals surface area contributed by atoms with Gasteiger partial charge in [-0.2, -0.15) is 0 Å². The molecule has 0 radical (unpaired) electrons. The Bertz CT molecular complexity index is 652. The lowest BCUT2D eigenvalue weighted by Crippen LogP contribution is -2.35. The zero-order chi connectivity index (χ0) is 17.1. The van der Waals surface area contributed by atoms with Crippen molar-refractivity contribution in [2.24, 2.45) is 0 Å². The van der Waals surface area contributed by atoms with Gasteiger partial charge >= 0.3 is 11.9 Å². The number of hydrogen-bond acceptors (Lipinski definition) is 4. The van der Waals surface area contributed by atoms with Gasteiger partial charge in [0, 0.05) is 18.5 Å². The molecule has 0 aliphatic carbocycles. The highest BCUT2D eigenvalue weighted by atomic mass is 16.5. The van der Waals surface area contributed by atoms with Crippen LogP contribution >= 0.6 is 0 Å². The van der Waals surface area contributed by atoms with Crippen LogP contribution in [0.25, 0.3) is 0 Å². The molecule has 0 atom stereocenters. The zero-order valence-corrected chi connectivity index (χ0v) is 13.2. The molecule has 0 bridgehead atoms. The fourth-order valence-electron chi connectivity index (χ4n) is 2.96. The van der Waals surface area contributed by atoms with E-state index in [0.717, 1.165) is 0 Å². The second kappa shape index (κ2) is 6.66. The number of nitrogens with zero attached hydrogens (tertiary/aromatic N) is 1. The second-order valence-electron chi connectivity index (χ2n) is 5.30. The maximum absolute atomic E-state index is 11.8. The number of aliphatic carboxylic acids is 2. The molecule has 0 saturated heterocycles. The van der Waals surface area contributed by atoms with Gasteiger partial charge in [-0.15, -0.1) is 0 Å². The van der Waals surface area contributed by atoms with Crippen molar-refractivity contribution in [3.63, 3.8) is 0 Å². The first-order valence-electron chi connectivity index (χ1n) is 7.09. The first kappa shape index (κ1) is 16.8. The summed E-state index contributed by atoms with van der Waals surface area (Å²) in [5.74, 6) is -3.09. The first-order chi connectivity index (χ1) is 10.9. The van der Waals surface area contributed by atoms with Gasteiger partial charge in [0.05, 0.1) is 17.1 Å². The predicted molar refractivity (Wildman–Crippen MR) is 83.6 cm³/mol. The molecule has 0 spiro atoms. The number of carboxylic acid groups (broad SMARTS) is 2. The summed E-state index contributed by atoms with van der Waals surface area (Å²) >= 11 is 0. The number of carbonyl (C=O) groups is 2. The van der Waals surface area contributed by atoms with Crippen LogP contribution < -0.4 is 0 Å². The van der Waals surface area contributed by atoms with Crippen LogP contribution in [0, 0.1) is 0 Å². The van der Waals surface area contributed by atoms with E-state index < -0.39 is 17.9 Å². The molecule has 1 aromatic carbocycles. The van der Waals surface area contributed by atoms with Crippen LogP contribution in [0.5, 0.6) is 0 Å². The van der Waals surface area contributed by atoms with Crippen molar-refractivity contribution in [1.82, 2.24) is 4.90 Å². The van der Waals surface area contributed by atoms with Gasteiger partial charge in [0.1, 0.15) is 6.73 Å². The van der Waals surface area contributed by atoms with E-state index in [4.69, 9.17) is 4.74 Å². The van der Waals surface area contributed by atoms with Crippen LogP contribution in [0.1, 0.15) is 25.3 Å². The zero-order valence-electron chi connectivity index (χ0n) is 13.2. The third-order valence-corrected chi connectivity index (χ3v) is 4.02. The molecule has 6 heteroatoms. The minimum Gasteiger partial charge on any atom is -0.478 e. The van der Waals surface area contributed by atoms with E-state index >= 15 is 0 Å². The molecule has 0 amide bonds. The summed E-state index contributed by atoms with van der Waals surface area (Å²) < 4.78 is 5.09. The smallest absolute Gasteiger partial charge is 0.334 e. The Labute approximate surface area is 134 Å². The Balaban J connectivity index is 2.73. The maximum atomic E-state index is 11.8. The van der Waals surface area contributed by atoms with Gasteiger partial charge in [0.25, 0.3) is 0 Å². The second-order valence-corrected chi connectivity index (χ2v) is 5.30. The van der Waals surface area contributed by atoms with Crippen molar-refractivity contribution >= 4 is 11.9 Å². The Morgan fingerprint density at radius 2 is 1.52 bits per heavy atom. The van der Waals surface area contributed by atoms with Gasteiger partial charge in [-0.05, 0) is 19.4 Å². The van der Waals surface area contributed by atoms with Gasteiger partial charge in [-0.3, -0.25) is 0 Å². The summed E-state index contributed by atoms with van der Waals surface area (Å²) in [6.45, 7) is 3.42. The van der Waals surface area contributed by atoms with Crippen LogP contribution in [0.2, 0.25) is 0 Å². The van der Waals surface area contributed by atoms with E-state index in [2.05, 4.69) is 0 Å². The molecule has 1 aliphatic heterocycles. The van der Waals surface area contributed by atoms with Gasteiger partial charge in [0.2, 0.25) is 0 Å². The van der Waals surface area contributed by atoms with E-state index in [1.807, 2.05) is 0 Å². The lowest BCUT2D eigenvalue weighted by atomic mass is 9.80. The van der Waals surface area contributed by atoms with E-state index in [1.54, 1.807) is 49.1 Å². The lowest BCUT2D eigenvalue weighted by Gasteiger charge is -2.36. The normalized spacial score (nSPS) is 16.0. The van der Waals surface area contributed by atoms with Gasteiger partial charge in [-0.1, -0.05) is 30.3 Å². The molecule has 23 heavy (non-hydrogen) atoms. The van der Waals surface area contributed by atoms with Crippen LogP contribution in [-0.2, 0) is 14.3 Å². The molecule has 2 N–H and O–H groups in total. The molecular weight excluding hydrogens is 298 g/mol. The van der Waals surface area contributed by atoms with Crippen molar-refractivity contribution in [1.29, 1.82) is 0 Å². The van der Waals surface area contributed by atoms with Crippen LogP contribution in [0.4, 0.5) is 0 Å². The van der Waals surface area contributed by atoms with Crippen molar-refractivity contribution < 1.29 is 24.5 Å². The Morgan fingerprint density at radius 3 is 1.91 bits per heavy atom. The Kier molecular flexibility index (Phi) is 4.86. The summed E-state index contributed by atoms with van der Waals surface area (Å²) in [7, 11) is 1.48. The van der Waals surface area contributed by atoms with Gasteiger partial charge in [-0.25, -0.2) is 9.59 Å². The fourth-order valence-corrected chi connectivity index (χ4v) is 2.96. The number of rotatable bonds is 5. The molecule has 0 aromatic heterocycles. The summed E-state index contributed by atoms with van der Waals surface area (Å²) in [4.78, 5) is 25.2. The van der Waals surface area contributed by atoms with Crippen molar-refractivity contribution in [2.45, 2.75) is 19.8 Å². The number of benzene rings is 1. The molecule has 1 heterocycles. The van der Waals surface area contributed by atoms with Crippen LogP contribution in [0.3, 0.4) is 0 Å². The monoisotopic (exact) mass is 317 g/mol. The van der Waals surface area contributed by atoms with Crippen LogP contribution in [0.15, 0.2) is 52.9 Å². The maximum Gasteiger partial charge on any atom is 0.334 e. The molecule has 1 aromatic rings. The highest BCUT2D eigenvalue weighted by Crippen LogP contribution is 2.41. The average molecular weight is 317 g/mol. The number of ether oxygens (including phenoxy) is 1. The third kappa shape index (κ3) is 2.98. The summed E-state index contributed by atoms with van der Waals surface area (Å²) in [5, 5.41) is 19.3. The first-order valence-corrected chi connectivity index (χ1v) is 7.09. The van der Waals surface area contributed by atoms with E-state index in [1.165, 1.54) is 7.11 Å². The molecular formula is C17H19NO5. The van der Waals surface area contributed by atoms with Crippen molar-refractivity contribution in [3.05, 3.63) is 58.4 Å². The largest absolute Gasteiger partial charge is 0.478 e.